The molecule has 1 aliphatic rings. The van der Waals surface area contributed by atoms with E-state index >= 15 is 0 Å². The fourth-order valence-electron chi connectivity index (χ4n) is 1.83. The van der Waals surface area contributed by atoms with E-state index in [0.717, 1.165) is 0 Å². The molecule has 6 heteroatoms. The van der Waals surface area contributed by atoms with Crippen LogP contribution in [0.4, 0.5) is 0 Å². The van der Waals surface area contributed by atoms with Crippen molar-refractivity contribution < 1.29 is 14.3 Å². The van der Waals surface area contributed by atoms with Crippen molar-refractivity contribution in [3.8, 4) is 0 Å². The van der Waals surface area contributed by atoms with Crippen LogP contribution in [0.1, 0.15) is 20.3 Å². The third-order valence-electron chi connectivity index (χ3n) is 2.87. The first-order valence-electron chi connectivity index (χ1n) is 6.51. The minimum Gasteiger partial charge on any atom is -0.378 e. The average molecular weight is 257 g/mol. The summed E-state index contributed by atoms with van der Waals surface area (Å²) in [6, 6.07) is -0.252. The van der Waals surface area contributed by atoms with Crippen molar-refractivity contribution in [2.45, 2.75) is 26.3 Å². The number of rotatable bonds is 6. The molecule has 1 saturated heterocycles. The molecule has 0 saturated carbocycles. The van der Waals surface area contributed by atoms with Crippen LogP contribution in [0.25, 0.3) is 0 Å². The fourth-order valence-corrected chi connectivity index (χ4v) is 1.83. The summed E-state index contributed by atoms with van der Waals surface area (Å²) in [5, 5.41) is 5.80. The van der Waals surface area contributed by atoms with Crippen molar-refractivity contribution in [1.82, 2.24) is 15.5 Å². The predicted molar refractivity (Wildman–Crippen MR) is 68.2 cm³/mol. The van der Waals surface area contributed by atoms with Crippen LogP contribution in [0.2, 0.25) is 0 Å². The number of hydrogen-bond acceptors (Lipinski definition) is 4. The van der Waals surface area contributed by atoms with Gasteiger partial charge in [-0.2, -0.15) is 0 Å². The van der Waals surface area contributed by atoms with Crippen LogP contribution in [0, 0.1) is 0 Å². The van der Waals surface area contributed by atoms with Gasteiger partial charge in [0.1, 0.15) is 0 Å². The lowest BCUT2D eigenvalue weighted by atomic mass is 10.2. The molecule has 6 nitrogen and oxygen atoms in total. The first kappa shape index (κ1) is 14.9. The molecule has 0 bridgehead atoms. The fraction of sp³-hybridized carbons (Fsp3) is 0.833. The maximum absolute atomic E-state index is 12.0. The number of ether oxygens (including phenoxy) is 1. The third kappa shape index (κ3) is 5.01. The molecule has 0 aromatic carbocycles. The Kier molecular flexibility index (Phi) is 6.67. The minimum absolute atomic E-state index is 0.0102. The van der Waals surface area contributed by atoms with Crippen molar-refractivity contribution in [2.75, 3.05) is 39.4 Å². The van der Waals surface area contributed by atoms with Crippen molar-refractivity contribution in [2.24, 2.45) is 0 Å². The first-order chi connectivity index (χ1) is 8.65. The van der Waals surface area contributed by atoms with Gasteiger partial charge in [-0.15, -0.1) is 0 Å². The topological polar surface area (TPSA) is 70.7 Å². The number of morpholine rings is 1. The SMILES string of the molecule is CCNC(=O)CCNC(C)C(=O)N1CCOCC1. The van der Waals surface area contributed by atoms with E-state index in [-0.39, 0.29) is 17.9 Å². The number of carbonyl (C=O) groups excluding carboxylic acids is 2. The molecule has 1 atom stereocenters. The zero-order chi connectivity index (χ0) is 13.4. The highest BCUT2D eigenvalue weighted by molar-refractivity contribution is 5.81. The van der Waals surface area contributed by atoms with Crippen molar-refractivity contribution in [1.29, 1.82) is 0 Å². The zero-order valence-corrected chi connectivity index (χ0v) is 11.2. The van der Waals surface area contributed by atoms with Crippen LogP contribution in [-0.2, 0) is 14.3 Å². The molecule has 1 aliphatic heterocycles. The molecule has 2 N–H and O–H groups in total. The molecular weight excluding hydrogens is 234 g/mol. The summed E-state index contributed by atoms with van der Waals surface area (Å²) in [7, 11) is 0. The predicted octanol–water partition coefficient (Wildman–Crippen LogP) is -0.650. The molecule has 1 unspecified atom stereocenters. The molecule has 104 valence electrons. The summed E-state index contributed by atoms with van der Waals surface area (Å²) in [6.07, 6.45) is 0.397. The van der Waals surface area contributed by atoms with Crippen LogP contribution < -0.4 is 10.6 Å². The Morgan fingerprint density at radius 2 is 2.00 bits per heavy atom. The number of carbonyl (C=O) groups is 2. The number of nitrogens with one attached hydrogen (secondary N) is 2. The van der Waals surface area contributed by atoms with Gasteiger partial charge >= 0.3 is 0 Å². The van der Waals surface area contributed by atoms with Gasteiger partial charge in [-0.05, 0) is 13.8 Å². The number of amides is 2. The largest absolute Gasteiger partial charge is 0.378 e. The van der Waals surface area contributed by atoms with Gasteiger partial charge in [-0.1, -0.05) is 0 Å². The first-order valence-corrected chi connectivity index (χ1v) is 6.51. The smallest absolute Gasteiger partial charge is 0.239 e. The average Bonchev–Trinajstić information content (AvgIpc) is 2.39. The van der Waals surface area contributed by atoms with Crippen LogP contribution in [0.5, 0.6) is 0 Å². The van der Waals surface area contributed by atoms with E-state index in [9.17, 15) is 9.59 Å². The summed E-state index contributed by atoms with van der Waals surface area (Å²) in [5.74, 6) is 0.0882. The molecule has 1 fully saturated rings. The van der Waals surface area contributed by atoms with E-state index in [2.05, 4.69) is 10.6 Å². The van der Waals surface area contributed by atoms with E-state index in [0.29, 0.717) is 45.8 Å². The van der Waals surface area contributed by atoms with E-state index in [4.69, 9.17) is 4.74 Å². The molecule has 0 aliphatic carbocycles. The molecule has 0 aromatic heterocycles. The Balaban J connectivity index is 2.20. The Bertz CT molecular complexity index is 278. The molecule has 2 amide bonds. The van der Waals surface area contributed by atoms with E-state index in [1.54, 1.807) is 4.90 Å². The summed E-state index contributed by atoms with van der Waals surface area (Å²) in [6.45, 7) is 7.40. The Hall–Kier alpha value is -1.14. The molecule has 0 spiro atoms. The lowest BCUT2D eigenvalue weighted by molar-refractivity contribution is -0.137. The van der Waals surface area contributed by atoms with Crippen LogP contribution in [-0.4, -0.2) is 62.1 Å². The van der Waals surface area contributed by atoms with Crippen molar-refractivity contribution in [3.63, 3.8) is 0 Å². The third-order valence-corrected chi connectivity index (χ3v) is 2.87. The van der Waals surface area contributed by atoms with E-state index < -0.39 is 0 Å². The van der Waals surface area contributed by atoms with Gasteiger partial charge in [0.25, 0.3) is 0 Å². The van der Waals surface area contributed by atoms with Gasteiger partial charge in [0.15, 0.2) is 0 Å². The Morgan fingerprint density at radius 3 is 2.61 bits per heavy atom. The van der Waals surface area contributed by atoms with E-state index in [1.165, 1.54) is 0 Å². The summed E-state index contributed by atoms with van der Waals surface area (Å²) in [5.41, 5.74) is 0. The molecule has 0 aromatic rings. The molecular formula is C12H23N3O3. The second-order valence-electron chi connectivity index (χ2n) is 4.32. The van der Waals surface area contributed by atoms with Crippen LogP contribution in [0.15, 0.2) is 0 Å². The highest BCUT2D eigenvalue weighted by Gasteiger charge is 2.21. The normalized spacial score (nSPS) is 17.3. The number of hydrogen-bond donors (Lipinski definition) is 2. The lowest BCUT2D eigenvalue weighted by Crippen LogP contribution is -2.49. The summed E-state index contributed by atoms with van der Waals surface area (Å²) in [4.78, 5) is 25.0. The quantitative estimate of drug-likeness (QED) is 0.663. The molecule has 0 radical (unpaired) electrons. The standard InChI is InChI=1S/C12H23N3O3/c1-3-13-11(16)4-5-14-10(2)12(17)15-6-8-18-9-7-15/h10,14H,3-9H2,1-2H3,(H,13,16). The van der Waals surface area contributed by atoms with Crippen LogP contribution >= 0.6 is 0 Å². The van der Waals surface area contributed by atoms with E-state index in [1.807, 2.05) is 13.8 Å². The van der Waals surface area contributed by atoms with Gasteiger partial charge in [-0.3, -0.25) is 9.59 Å². The van der Waals surface area contributed by atoms with Gasteiger partial charge in [0, 0.05) is 32.6 Å². The zero-order valence-electron chi connectivity index (χ0n) is 11.2. The highest BCUT2D eigenvalue weighted by atomic mass is 16.5. The monoisotopic (exact) mass is 257 g/mol. The lowest BCUT2D eigenvalue weighted by Gasteiger charge is -2.29. The minimum atomic E-state index is -0.252. The van der Waals surface area contributed by atoms with Crippen molar-refractivity contribution >= 4 is 11.8 Å². The van der Waals surface area contributed by atoms with Gasteiger partial charge in [0.2, 0.25) is 11.8 Å². The summed E-state index contributed by atoms with van der Waals surface area (Å²) < 4.78 is 5.20. The van der Waals surface area contributed by atoms with Crippen molar-refractivity contribution in [3.05, 3.63) is 0 Å². The number of nitrogens with zero attached hydrogens (tertiary/aromatic N) is 1. The Labute approximate surface area is 108 Å². The second-order valence-corrected chi connectivity index (χ2v) is 4.32. The maximum Gasteiger partial charge on any atom is 0.239 e. The van der Waals surface area contributed by atoms with Gasteiger partial charge in [-0.25, -0.2) is 0 Å². The van der Waals surface area contributed by atoms with Crippen LogP contribution in [0.3, 0.4) is 0 Å². The van der Waals surface area contributed by atoms with Gasteiger partial charge < -0.3 is 20.3 Å². The summed E-state index contributed by atoms with van der Waals surface area (Å²) >= 11 is 0. The van der Waals surface area contributed by atoms with Gasteiger partial charge in [0.05, 0.1) is 19.3 Å². The molecule has 1 heterocycles. The highest BCUT2D eigenvalue weighted by Crippen LogP contribution is 2.00. The Morgan fingerprint density at radius 1 is 1.33 bits per heavy atom. The molecule has 18 heavy (non-hydrogen) atoms. The second kappa shape index (κ2) is 8.05. The maximum atomic E-state index is 12.0. The molecule has 1 rings (SSSR count).